The molecule has 0 unspecified atom stereocenters. The molecule has 0 bridgehead atoms. The fourth-order valence-electron chi connectivity index (χ4n) is 7.43. The number of esters is 2. The molecule has 0 saturated carbocycles. The SMILES string of the molecule is COC(=O)C1(C(=O)OC)Cc2c(C)c(CCCN=[N+]=[N-])c(B3Nc4cccc5cccc(c45)N3Cc3ccccc3)c(C)c2C1. The summed E-state index contributed by atoms with van der Waals surface area (Å²) in [6.45, 7) is 4.95. The van der Waals surface area contributed by atoms with E-state index in [0.717, 1.165) is 50.0 Å². The number of ether oxygens (including phenoxy) is 2. The van der Waals surface area contributed by atoms with Crippen LogP contribution in [0.1, 0.15) is 39.8 Å². The number of azide groups is 1. The summed E-state index contributed by atoms with van der Waals surface area (Å²) in [7, 11) is 2.63. The molecule has 1 aliphatic carbocycles. The molecule has 0 saturated heterocycles. The van der Waals surface area contributed by atoms with Gasteiger partial charge in [0.15, 0.2) is 5.41 Å². The Morgan fingerprint density at radius 3 is 2.29 bits per heavy atom. The topological polar surface area (TPSA) is 117 Å². The smallest absolute Gasteiger partial charge is 0.409 e. The Labute approximate surface area is 263 Å². The highest BCUT2D eigenvalue weighted by atomic mass is 16.5. The first-order valence-electron chi connectivity index (χ1n) is 15.2. The van der Waals surface area contributed by atoms with Crippen molar-refractivity contribution in [2.45, 2.75) is 46.1 Å². The van der Waals surface area contributed by atoms with Gasteiger partial charge in [0.1, 0.15) is 0 Å². The third kappa shape index (κ3) is 5.05. The second kappa shape index (κ2) is 12.2. The molecule has 45 heavy (non-hydrogen) atoms. The molecule has 0 fully saturated rings. The van der Waals surface area contributed by atoms with Gasteiger partial charge in [-0.1, -0.05) is 59.7 Å². The number of carbonyl (C=O) groups is 2. The standard InChI is InChI=1S/C35H36BN5O4/c1-22-26(15-10-18-38-40-37)32(23(2)28-20-35(19-27(22)28,33(42)44-3)34(43)45-4)36-39-29-16-8-13-25-14-9-17-30(31(25)29)41(36)21-24-11-6-5-7-12-24/h5-9,11-14,16-17,39H,10,15,18-21H2,1-4H3. The Bertz CT molecular complexity index is 1830. The number of nitrogens with one attached hydrogen (secondary N) is 1. The third-order valence-corrected chi connectivity index (χ3v) is 9.57. The molecule has 9 nitrogen and oxygen atoms in total. The number of anilines is 2. The normalized spacial score (nSPS) is 14.4. The minimum Gasteiger partial charge on any atom is -0.468 e. The average molecular weight is 602 g/mol. The van der Waals surface area contributed by atoms with Crippen molar-refractivity contribution < 1.29 is 19.1 Å². The Morgan fingerprint density at radius 1 is 0.956 bits per heavy atom. The Morgan fingerprint density at radius 2 is 1.62 bits per heavy atom. The fraction of sp³-hybridized carbons (Fsp3) is 0.314. The first kappa shape index (κ1) is 30.1. The van der Waals surface area contributed by atoms with Crippen LogP contribution in [0.15, 0.2) is 71.8 Å². The summed E-state index contributed by atoms with van der Waals surface area (Å²) in [4.78, 5) is 31.9. The second-order valence-corrected chi connectivity index (χ2v) is 11.9. The van der Waals surface area contributed by atoms with E-state index in [1.807, 2.05) is 6.07 Å². The summed E-state index contributed by atoms with van der Waals surface area (Å²) < 4.78 is 10.4. The van der Waals surface area contributed by atoms with Gasteiger partial charge in [0.05, 0.1) is 14.2 Å². The number of carbonyl (C=O) groups excluding carboxylic acids is 2. The lowest BCUT2D eigenvalue weighted by Gasteiger charge is -2.40. The highest BCUT2D eigenvalue weighted by molar-refractivity contribution is 6.81. The van der Waals surface area contributed by atoms with Crippen LogP contribution < -0.4 is 15.5 Å². The number of hydrogen-bond acceptors (Lipinski definition) is 7. The molecule has 0 spiro atoms. The average Bonchev–Trinajstić information content (AvgIpc) is 3.49. The van der Waals surface area contributed by atoms with E-state index in [1.165, 1.54) is 25.2 Å². The number of rotatable bonds is 9. The summed E-state index contributed by atoms with van der Waals surface area (Å²) >= 11 is 0. The zero-order valence-electron chi connectivity index (χ0n) is 26.1. The molecule has 1 aliphatic heterocycles. The zero-order valence-corrected chi connectivity index (χ0v) is 26.1. The van der Waals surface area contributed by atoms with Crippen LogP contribution in [-0.4, -0.2) is 39.7 Å². The number of benzene rings is 4. The molecule has 4 aromatic carbocycles. The number of methoxy groups -OCH3 is 2. The van der Waals surface area contributed by atoms with Crippen molar-refractivity contribution in [2.24, 2.45) is 10.5 Å². The van der Waals surface area contributed by atoms with Gasteiger partial charge in [0.25, 0.3) is 0 Å². The van der Waals surface area contributed by atoms with Gasteiger partial charge in [-0.3, -0.25) is 9.59 Å². The minimum absolute atomic E-state index is 0.206. The number of nitrogens with zero attached hydrogens (tertiary/aromatic N) is 4. The van der Waals surface area contributed by atoms with E-state index >= 15 is 0 Å². The van der Waals surface area contributed by atoms with Crippen LogP contribution in [0.2, 0.25) is 0 Å². The molecular formula is C35H36BN5O4. The van der Waals surface area contributed by atoms with Crippen LogP contribution in [0, 0.1) is 19.3 Å². The van der Waals surface area contributed by atoms with E-state index in [4.69, 9.17) is 15.0 Å². The number of fused-ring (bicyclic) bond motifs is 1. The van der Waals surface area contributed by atoms with Crippen molar-refractivity contribution in [3.8, 4) is 0 Å². The van der Waals surface area contributed by atoms with Crippen molar-refractivity contribution >= 4 is 46.5 Å². The molecular weight excluding hydrogens is 565 g/mol. The molecule has 0 amide bonds. The van der Waals surface area contributed by atoms with Crippen LogP contribution in [0.25, 0.3) is 21.2 Å². The maximum Gasteiger partial charge on any atom is 0.409 e. The Balaban J connectivity index is 1.57. The second-order valence-electron chi connectivity index (χ2n) is 11.9. The first-order chi connectivity index (χ1) is 21.8. The summed E-state index contributed by atoms with van der Waals surface area (Å²) in [5, 5.41) is 10.0. The van der Waals surface area contributed by atoms with Crippen molar-refractivity contribution in [3.63, 3.8) is 0 Å². The maximum absolute atomic E-state index is 13.3. The quantitative estimate of drug-likeness (QED) is 0.0482. The predicted octanol–water partition coefficient (Wildman–Crippen LogP) is 5.96. The van der Waals surface area contributed by atoms with E-state index in [0.29, 0.717) is 25.9 Å². The van der Waals surface area contributed by atoms with Crippen molar-refractivity contribution in [1.29, 1.82) is 0 Å². The molecule has 0 atom stereocenters. The molecule has 228 valence electrons. The van der Waals surface area contributed by atoms with Gasteiger partial charge in [-0.25, -0.2) is 0 Å². The van der Waals surface area contributed by atoms with Crippen LogP contribution in [0.5, 0.6) is 0 Å². The lowest BCUT2D eigenvalue weighted by molar-refractivity contribution is -0.168. The molecule has 4 aromatic rings. The van der Waals surface area contributed by atoms with Gasteiger partial charge in [-0.05, 0) is 88.6 Å². The molecule has 6 rings (SSSR count). The lowest BCUT2D eigenvalue weighted by Crippen LogP contribution is -2.58. The van der Waals surface area contributed by atoms with E-state index in [9.17, 15) is 9.59 Å². The van der Waals surface area contributed by atoms with Gasteiger partial charge in [0.2, 0.25) is 0 Å². The van der Waals surface area contributed by atoms with E-state index in [-0.39, 0.29) is 19.8 Å². The van der Waals surface area contributed by atoms with Crippen molar-refractivity contribution in [3.05, 3.63) is 111 Å². The lowest BCUT2D eigenvalue weighted by atomic mass is 9.58. The van der Waals surface area contributed by atoms with E-state index in [2.05, 4.69) is 94.6 Å². The van der Waals surface area contributed by atoms with Crippen LogP contribution in [0.4, 0.5) is 11.4 Å². The Hall–Kier alpha value is -4.95. The van der Waals surface area contributed by atoms with Crippen LogP contribution in [-0.2, 0) is 44.9 Å². The number of hydrogen-bond donors (Lipinski definition) is 1. The van der Waals surface area contributed by atoms with E-state index < -0.39 is 17.4 Å². The van der Waals surface area contributed by atoms with Crippen molar-refractivity contribution in [2.75, 3.05) is 30.8 Å². The summed E-state index contributed by atoms with van der Waals surface area (Å²) in [6, 6.07) is 23.2. The largest absolute Gasteiger partial charge is 0.468 e. The van der Waals surface area contributed by atoms with Gasteiger partial charge in [-0.2, -0.15) is 0 Å². The van der Waals surface area contributed by atoms with E-state index in [1.54, 1.807) is 0 Å². The van der Waals surface area contributed by atoms with Crippen molar-refractivity contribution in [1.82, 2.24) is 0 Å². The third-order valence-electron chi connectivity index (χ3n) is 9.57. The van der Waals surface area contributed by atoms with Gasteiger partial charge in [-0.15, -0.1) is 0 Å². The summed E-state index contributed by atoms with van der Waals surface area (Å²) in [5.74, 6) is -1.17. The summed E-state index contributed by atoms with van der Waals surface area (Å²) in [5.41, 5.74) is 17.2. The molecule has 1 N–H and O–H groups in total. The van der Waals surface area contributed by atoms with Gasteiger partial charge in [0, 0.05) is 47.6 Å². The summed E-state index contributed by atoms with van der Waals surface area (Å²) in [6.07, 6.45) is 1.75. The van der Waals surface area contributed by atoms with Crippen LogP contribution >= 0.6 is 0 Å². The predicted molar refractivity (Wildman–Crippen MR) is 178 cm³/mol. The molecule has 2 aliphatic rings. The highest BCUT2D eigenvalue weighted by Crippen LogP contribution is 2.44. The molecule has 10 heteroatoms. The maximum atomic E-state index is 13.3. The molecule has 0 aromatic heterocycles. The molecule has 1 heterocycles. The molecule has 0 radical (unpaired) electrons. The van der Waals surface area contributed by atoms with Gasteiger partial charge >= 0.3 is 18.9 Å². The highest BCUT2D eigenvalue weighted by Gasteiger charge is 2.54. The fourth-order valence-corrected chi connectivity index (χ4v) is 7.43. The Kier molecular flexibility index (Phi) is 8.17. The first-order valence-corrected chi connectivity index (χ1v) is 15.2. The zero-order chi connectivity index (χ0) is 31.7. The monoisotopic (exact) mass is 601 g/mol. The van der Waals surface area contributed by atoms with Crippen LogP contribution in [0.3, 0.4) is 0 Å². The van der Waals surface area contributed by atoms with Gasteiger partial charge < -0.3 is 19.5 Å². The minimum atomic E-state index is -1.44.